The van der Waals surface area contributed by atoms with Gasteiger partial charge in [-0.2, -0.15) is 0 Å². The maximum Gasteiger partial charge on any atom is 0.320 e. The summed E-state index contributed by atoms with van der Waals surface area (Å²) in [6, 6.07) is 0. The van der Waals surface area contributed by atoms with Crippen LogP contribution in [0, 0.1) is 0 Å². The van der Waals surface area contributed by atoms with Crippen LogP contribution in [0.4, 0.5) is 0 Å². The number of rotatable bonds is 5. The van der Waals surface area contributed by atoms with Crippen molar-refractivity contribution in [2.75, 3.05) is 12.5 Å². The number of allylic oxidation sites excluding steroid dienone is 1. The van der Waals surface area contributed by atoms with Crippen molar-refractivity contribution in [3.63, 3.8) is 0 Å². The standard InChI is InChI=1S/C8H13ClO2/c1-2-3-4-5-6-11-8(10)7-9/h3-4H,2,5-7H2,1H3. The molecule has 64 valence electrons. The van der Waals surface area contributed by atoms with Gasteiger partial charge in [0.2, 0.25) is 0 Å². The van der Waals surface area contributed by atoms with Gasteiger partial charge in [-0.1, -0.05) is 19.1 Å². The molecule has 0 bridgehead atoms. The Kier molecular flexibility index (Phi) is 7.26. The smallest absolute Gasteiger partial charge is 0.320 e. The molecular formula is C8H13ClO2. The summed E-state index contributed by atoms with van der Waals surface area (Å²) in [7, 11) is 0. The van der Waals surface area contributed by atoms with Crippen LogP contribution in [0.2, 0.25) is 0 Å². The summed E-state index contributed by atoms with van der Waals surface area (Å²) < 4.78 is 4.72. The molecule has 0 aromatic carbocycles. The number of esters is 1. The lowest BCUT2D eigenvalue weighted by atomic mass is 10.3. The van der Waals surface area contributed by atoms with Crippen LogP contribution in [-0.4, -0.2) is 18.5 Å². The first kappa shape index (κ1) is 10.5. The van der Waals surface area contributed by atoms with Crippen LogP contribution in [0.25, 0.3) is 0 Å². The number of hydrogen-bond donors (Lipinski definition) is 0. The molecule has 0 amide bonds. The van der Waals surface area contributed by atoms with Crippen molar-refractivity contribution < 1.29 is 9.53 Å². The third kappa shape index (κ3) is 7.40. The monoisotopic (exact) mass is 176 g/mol. The number of halogens is 1. The molecule has 0 heterocycles. The quantitative estimate of drug-likeness (QED) is 0.278. The largest absolute Gasteiger partial charge is 0.464 e. The summed E-state index contributed by atoms with van der Waals surface area (Å²) in [4.78, 5) is 10.5. The van der Waals surface area contributed by atoms with Crippen LogP contribution in [-0.2, 0) is 9.53 Å². The van der Waals surface area contributed by atoms with Gasteiger partial charge in [-0.05, 0) is 12.8 Å². The van der Waals surface area contributed by atoms with E-state index < -0.39 is 0 Å². The molecule has 0 saturated carbocycles. The minimum atomic E-state index is -0.350. The average molecular weight is 177 g/mol. The Morgan fingerprint density at radius 2 is 2.27 bits per heavy atom. The van der Waals surface area contributed by atoms with E-state index in [1.54, 1.807) is 0 Å². The van der Waals surface area contributed by atoms with E-state index in [2.05, 4.69) is 6.92 Å². The average Bonchev–Trinajstić information content (AvgIpc) is 2.04. The molecule has 0 fully saturated rings. The predicted molar refractivity (Wildman–Crippen MR) is 45.7 cm³/mol. The molecule has 2 nitrogen and oxygen atoms in total. The zero-order valence-corrected chi connectivity index (χ0v) is 7.43. The first-order valence-electron chi connectivity index (χ1n) is 3.67. The maximum absolute atomic E-state index is 10.5. The Morgan fingerprint density at radius 3 is 2.82 bits per heavy atom. The Labute approximate surface area is 72.2 Å². The van der Waals surface area contributed by atoms with E-state index in [-0.39, 0.29) is 11.8 Å². The van der Waals surface area contributed by atoms with E-state index in [0.29, 0.717) is 6.61 Å². The molecule has 11 heavy (non-hydrogen) atoms. The molecule has 0 atom stereocenters. The zero-order valence-electron chi connectivity index (χ0n) is 6.68. The highest BCUT2D eigenvalue weighted by Gasteiger charge is 1.95. The van der Waals surface area contributed by atoms with Gasteiger partial charge in [0.15, 0.2) is 0 Å². The van der Waals surface area contributed by atoms with E-state index in [1.165, 1.54) is 0 Å². The number of ether oxygens (including phenoxy) is 1. The van der Waals surface area contributed by atoms with Crippen LogP contribution >= 0.6 is 11.6 Å². The van der Waals surface area contributed by atoms with Crippen LogP contribution < -0.4 is 0 Å². The van der Waals surface area contributed by atoms with Gasteiger partial charge in [0.25, 0.3) is 0 Å². The third-order valence-corrected chi connectivity index (χ3v) is 1.28. The third-order valence-electron chi connectivity index (χ3n) is 1.06. The van der Waals surface area contributed by atoms with E-state index in [0.717, 1.165) is 12.8 Å². The molecule has 0 saturated heterocycles. The molecule has 0 unspecified atom stereocenters. The summed E-state index contributed by atoms with van der Waals surface area (Å²) in [5.74, 6) is -0.408. The van der Waals surface area contributed by atoms with Crippen molar-refractivity contribution in [3.8, 4) is 0 Å². The summed E-state index contributed by atoms with van der Waals surface area (Å²) in [5, 5.41) is 0. The van der Waals surface area contributed by atoms with Crippen molar-refractivity contribution in [1.82, 2.24) is 0 Å². The van der Waals surface area contributed by atoms with Gasteiger partial charge in [-0.3, -0.25) is 4.79 Å². The van der Waals surface area contributed by atoms with Gasteiger partial charge in [0.05, 0.1) is 6.61 Å². The van der Waals surface area contributed by atoms with Crippen molar-refractivity contribution in [1.29, 1.82) is 0 Å². The van der Waals surface area contributed by atoms with E-state index in [1.807, 2.05) is 12.2 Å². The number of hydrogen-bond acceptors (Lipinski definition) is 2. The van der Waals surface area contributed by atoms with Crippen LogP contribution in [0.5, 0.6) is 0 Å². The molecular weight excluding hydrogens is 164 g/mol. The van der Waals surface area contributed by atoms with Gasteiger partial charge >= 0.3 is 5.97 Å². The summed E-state index contributed by atoms with van der Waals surface area (Å²) >= 11 is 5.20. The van der Waals surface area contributed by atoms with Crippen molar-refractivity contribution in [2.45, 2.75) is 19.8 Å². The topological polar surface area (TPSA) is 26.3 Å². The fraction of sp³-hybridized carbons (Fsp3) is 0.625. The van der Waals surface area contributed by atoms with Gasteiger partial charge in [0, 0.05) is 0 Å². The second-order valence-corrected chi connectivity index (χ2v) is 2.29. The lowest BCUT2D eigenvalue weighted by molar-refractivity contribution is -0.140. The first-order chi connectivity index (χ1) is 5.31. The number of carbonyl (C=O) groups excluding carboxylic acids is 1. The molecule has 0 aromatic heterocycles. The Balaban J connectivity index is 3.14. The minimum absolute atomic E-state index is 0.0580. The second-order valence-electron chi connectivity index (χ2n) is 2.02. The fourth-order valence-corrected chi connectivity index (χ4v) is 0.641. The molecule has 0 N–H and O–H groups in total. The summed E-state index contributed by atoms with van der Waals surface area (Å²) in [6.07, 6.45) is 5.82. The molecule has 0 aliphatic rings. The Hall–Kier alpha value is -0.500. The summed E-state index contributed by atoms with van der Waals surface area (Å²) in [5.41, 5.74) is 0. The Morgan fingerprint density at radius 1 is 1.55 bits per heavy atom. The molecule has 0 rings (SSSR count). The predicted octanol–water partition coefficient (Wildman–Crippen LogP) is 2.12. The van der Waals surface area contributed by atoms with Crippen molar-refractivity contribution in [2.24, 2.45) is 0 Å². The molecule has 0 radical (unpaired) electrons. The highest BCUT2D eigenvalue weighted by molar-refractivity contribution is 6.26. The van der Waals surface area contributed by atoms with Gasteiger partial charge in [-0.15, -0.1) is 11.6 Å². The molecule has 3 heteroatoms. The normalized spacial score (nSPS) is 10.4. The number of carbonyl (C=O) groups is 1. The molecule has 0 aromatic rings. The first-order valence-corrected chi connectivity index (χ1v) is 4.21. The van der Waals surface area contributed by atoms with E-state index in [4.69, 9.17) is 16.3 Å². The lowest BCUT2D eigenvalue weighted by Gasteiger charge is -1.97. The maximum atomic E-state index is 10.5. The highest BCUT2D eigenvalue weighted by atomic mass is 35.5. The fourth-order valence-electron chi connectivity index (χ4n) is 0.564. The van der Waals surface area contributed by atoms with Crippen LogP contribution in [0.15, 0.2) is 12.2 Å². The number of alkyl halides is 1. The van der Waals surface area contributed by atoms with Gasteiger partial charge in [0.1, 0.15) is 5.88 Å². The summed E-state index contributed by atoms with van der Waals surface area (Å²) in [6.45, 7) is 2.49. The molecule has 0 aliphatic carbocycles. The van der Waals surface area contributed by atoms with E-state index >= 15 is 0 Å². The van der Waals surface area contributed by atoms with E-state index in [9.17, 15) is 4.79 Å². The van der Waals surface area contributed by atoms with Crippen molar-refractivity contribution >= 4 is 17.6 Å². The molecule has 0 spiro atoms. The van der Waals surface area contributed by atoms with Gasteiger partial charge in [-0.25, -0.2) is 0 Å². The minimum Gasteiger partial charge on any atom is -0.464 e. The van der Waals surface area contributed by atoms with Crippen LogP contribution in [0.1, 0.15) is 19.8 Å². The highest BCUT2D eigenvalue weighted by Crippen LogP contribution is 1.89. The lowest BCUT2D eigenvalue weighted by Crippen LogP contribution is -2.05. The molecule has 0 aliphatic heterocycles. The van der Waals surface area contributed by atoms with Crippen LogP contribution in [0.3, 0.4) is 0 Å². The second kappa shape index (κ2) is 7.61. The van der Waals surface area contributed by atoms with Crippen molar-refractivity contribution in [3.05, 3.63) is 12.2 Å². The zero-order chi connectivity index (χ0) is 8.53. The Bertz CT molecular complexity index is 132. The van der Waals surface area contributed by atoms with Gasteiger partial charge < -0.3 is 4.74 Å². The SMILES string of the molecule is CCC=CCCOC(=O)CCl.